The topological polar surface area (TPSA) is 105 Å². The molecule has 0 amide bonds. The summed E-state index contributed by atoms with van der Waals surface area (Å²) in [4.78, 5) is 24.5. The lowest BCUT2D eigenvalue weighted by Crippen LogP contribution is -2.36. The summed E-state index contributed by atoms with van der Waals surface area (Å²) in [5, 5.41) is 18.3. The van der Waals surface area contributed by atoms with Crippen LogP contribution in [0.3, 0.4) is 0 Å². The van der Waals surface area contributed by atoms with E-state index in [-0.39, 0.29) is 0 Å². The van der Waals surface area contributed by atoms with E-state index in [1.165, 1.54) is 0 Å². The molecule has 1 saturated heterocycles. The number of hydrogen-bond donors (Lipinski definition) is 3. The first-order chi connectivity index (χ1) is 9.41. The van der Waals surface area contributed by atoms with Gasteiger partial charge in [-0.1, -0.05) is 11.6 Å². The SMILES string of the molecule is [2H]C([2H])(O)[C@]1(F)C[C@@H](O)[C@]([2H])(n2cc(Cl)c(=O)[nH]c2=O)O1. The zero-order valence-corrected chi connectivity index (χ0v) is 9.44. The molecule has 1 aromatic rings. The Morgan fingerprint density at radius 1 is 1.83 bits per heavy atom. The predicted molar refractivity (Wildman–Crippen MR) is 58.0 cm³/mol. The summed E-state index contributed by atoms with van der Waals surface area (Å²) >= 11 is 5.49. The highest BCUT2D eigenvalue weighted by atomic mass is 35.5. The maximum atomic E-state index is 14.2. The standard InChI is InChI=1S/C9H10ClFN2O5/c10-4-2-13(8(17)12-6(4)16)7-5(15)1-9(11,3-14)18-7/h2,5,7,14-15H,1,3H2,(H,12,16,17)/t5-,7-,9+/m1/s1/i3D2,7D. The van der Waals surface area contributed by atoms with Crippen molar-refractivity contribution in [2.75, 3.05) is 6.56 Å². The lowest BCUT2D eigenvalue weighted by atomic mass is 10.2. The summed E-state index contributed by atoms with van der Waals surface area (Å²) < 4.78 is 40.7. The van der Waals surface area contributed by atoms with Crippen molar-refractivity contribution in [2.45, 2.75) is 24.6 Å². The molecule has 9 heteroatoms. The maximum absolute atomic E-state index is 14.2. The number of alkyl halides is 1. The largest absolute Gasteiger partial charge is 0.390 e. The van der Waals surface area contributed by atoms with E-state index in [0.717, 1.165) is 0 Å². The minimum Gasteiger partial charge on any atom is -0.390 e. The molecular formula is C9H10ClFN2O5. The second-order valence-electron chi connectivity index (χ2n) is 3.61. The van der Waals surface area contributed by atoms with Crippen molar-refractivity contribution in [2.24, 2.45) is 0 Å². The normalized spacial score (nSPS) is 39.1. The lowest BCUT2D eigenvalue weighted by molar-refractivity contribution is -0.180. The Bertz CT molecular complexity index is 691. The van der Waals surface area contributed by atoms with Crippen LogP contribution in [0.25, 0.3) is 0 Å². The van der Waals surface area contributed by atoms with Crippen LogP contribution < -0.4 is 11.2 Å². The van der Waals surface area contributed by atoms with Gasteiger partial charge in [-0.05, 0) is 0 Å². The van der Waals surface area contributed by atoms with E-state index in [9.17, 15) is 19.1 Å². The molecule has 0 aliphatic carbocycles. The number of aromatic nitrogens is 2. The van der Waals surface area contributed by atoms with E-state index in [4.69, 9.17) is 20.8 Å². The van der Waals surface area contributed by atoms with Crippen molar-refractivity contribution in [1.82, 2.24) is 9.55 Å². The predicted octanol–water partition coefficient (Wildman–Crippen LogP) is -0.872. The molecule has 0 unspecified atom stereocenters. The smallest absolute Gasteiger partial charge is 0.330 e. The molecular weight excluding hydrogens is 271 g/mol. The molecule has 0 radical (unpaired) electrons. The average molecular weight is 284 g/mol. The highest BCUT2D eigenvalue weighted by molar-refractivity contribution is 6.30. The highest BCUT2D eigenvalue weighted by Crippen LogP contribution is 2.36. The molecule has 18 heavy (non-hydrogen) atoms. The molecule has 100 valence electrons. The number of halogens is 2. The molecule has 2 heterocycles. The summed E-state index contributed by atoms with van der Waals surface area (Å²) in [7, 11) is 0. The van der Waals surface area contributed by atoms with Crippen molar-refractivity contribution >= 4 is 11.6 Å². The van der Waals surface area contributed by atoms with Crippen LogP contribution in [0.1, 0.15) is 16.7 Å². The van der Waals surface area contributed by atoms with Crippen LogP contribution in [0, 0.1) is 0 Å². The molecule has 1 aliphatic rings. The van der Waals surface area contributed by atoms with Crippen molar-refractivity contribution in [3.05, 3.63) is 32.1 Å². The summed E-state index contributed by atoms with van der Waals surface area (Å²) in [5.74, 6) is -3.42. The average Bonchev–Trinajstić information content (AvgIpc) is 2.55. The Morgan fingerprint density at radius 3 is 3.06 bits per heavy atom. The number of ether oxygens (including phenoxy) is 1. The summed E-state index contributed by atoms with van der Waals surface area (Å²) in [6.45, 7) is -3.52. The number of rotatable bonds is 2. The minimum atomic E-state index is -3.52. The number of aliphatic hydroxyl groups excluding tert-OH is 1. The number of aromatic amines is 1. The molecule has 3 atom stereocenters. The summed E-state index contributed by atoms with van der Waals surface area (Å²) in [6, 6.07) is 0. The number of nitrogens with zero attached hydrogens (tertiary/aromatic N) is 1. The minimum absolute atomic E-state index is 0.300. The van der Waals surface area contributed by atoms with Gasteiger partial charge in [0.15, 0.2) is 6.20 Å². The van der Waals surface area contributed by atoms with E-state index in [2.05, 4.69) is 4.74 Å². The Balaban J connectivity index is 2.57. The number of aliphatic hydroxyl groups is 2. The molecule has 2 rings (SSSR count). The zero-order chi connectivity index (χ0) is 16.2. The number of H-pyrrole nitrogens is 1. The van der Waals surface area contributed by atoms with Crippen LogP contribution in [0.4, 0.5) is 4.39 Å². The van der Waals surface area contributed by atoms with Crippen LogP contribution >= 0.6 is 11.6 Å². The molecule has 1 fully saturated rings. The van der Waals surface area contributed by atoms with Gasteiger partial charge in [-0.2, -0.15) is 0 Å². The quantitative estimate of drug-likeness (QED) is 0.654. The van der Waals surface area contributed by atoms with Crippen LogP contribution in [-0.2, 0) is 4.74 Å². The lowest BCUT2D eigenvalue weighted by Gasteiger charge is -2.19. The third-order valence-electron chi connectivity index (χ3n) is 2.31. The van der Waals surface area contributed by atoms with Gasteiger partial charge in [-0.3, -0.25) is 14.3 Å². The van der Waals surface area contributed by atoms with E-state index in [0.29, 0.717) is 10.8 Å². The van der Waals surface area contributed by atoms with E-state index in [1.807, 2.05) is 0 Å². The van der Waals surface area contributed by atoms with E-state index in [1.54, 1.807) is 4.98 Å². The van der Waals surface area contributed by atoms with Gasteiger partial charge in [0, 0.05) is 12.6 Å². The maximum Gasteiger partial charge on any atom is 0.330 e. The van der Waals surface area contributed by atoms with Crippen molar-refractivity contribution in [1.29, 1.82) is 0 Å². The number of nitrogens with one attached hydrogen (secondary N) is 1. The number of hydrogen-bond acceptors (Lipinski definition) is 5. The van der Waals surface area contributed by atoms with Crippen molar-refractivity contribution < 1.29 is 23.5 Å². The summed E-state index contributed by atoms with van der Waals surface area (Å²) in [6.07, 6.45) is -5.28. The Morgan fingerprint density at radius 2 is 2.50 bits per heavy atom. The fraction of sp³-hybridized carbons (Fsp3) is 0.556. The molecule has 0 saturated carbocycles. The van der Waals surface area contributed by atoms with E-state index < -0.39 is 47.4 Å². The van der Waals surface area contributed by atoms with Crippen LogP contribution in [0.5, 0.6) is 0 Å². The fourth-order valence-electron chi connectivity index (χ4n) is 1.50. The first-order valence-corrected chi connectivity index (χ1v) is 5.10. The van der Waals surface area contributed by atoms with E-state index >= 15 is 0 Å². The molecule has 1 aromatic heterocycles. The molecule has 0 bridgehead atoms. The van der Waals surface area contributed by atoms with Gasteiger partial charge in [-0.25, -0.2) is 9.18 Å². The van der Waals surface area contributed by atoms with Gasteiger partial charge in [0.05, 0.1) is 4.11 Å². The first-order valence-electron chi connectivity index (χ1n) is 6.22. The first kappa shape index (κ1) is 9.68. The zero-order valence-electron chi connectivity index (χ0n) is 11.7. The third-order valence-corrected chi connectivity index (χ3v) is 2.58. The molecule has 1 aliphatic heterocycles. The second kappa shape index (κ2) is 4.47. The second-order valence-corrected chi connectivity index (χ2v) is 4.01. The Kier molecular flexibility index (Phi) is 2.40. The van der Waals surface area contributed by atoms with Crippen LogP contribution in [0.15, 0.2) is 15.8 Å². The van der Waals surface area contributed by atoms with Gasteiger partial charge in [-0.15, -0.1) is 0 Å². The fourth-order valence-corrected chi connectivity index (χ4v) is 1.65. The van der Waals surface area contributed by atoms with Crippen LogP contribution in [-0.4, -0.2) is 38.3 Å². The van der Waals surface area contributed by atoms with Gasteiger partial charge in [0.2, 0.25) is 5.85 Å². The molecule has 0 spiro atoms. The highest BCUT2D eigenvalue weighted by Gasteiger charge is 2.47. The Labute approximate surface area is 109 Å². The molecule has 3 N–H and O–H groups in total. The van der Waals surface area contributed by atoms with Gasteiger partial charge >= 0.3 is 5.69 Å². The Hall–Kier alpha value is -1.22. The van der Waals surface area contributed by atoms with Gasteiger partial charge in [0.1, 0.15) is 17.7 Å². The monoisotopic (exact) mass is 283 g/mol. The molecule has 0 aromatic carbocycles. The van der Waals surface area contributed by atoms with Crippen LogP contribution in [0.2, 0.25) is 5.02 Å². The summed E-state index contributed by atoms with van der Waals surface area (Å²) in [5.41, 5.74) is -2.18. The van der Waals surface area contributed by atoms with Crippen molar-refractivity contribution in [3.8, 4) is 0 Å². The molecule has 7 nitrogen and oxygen atoms in total. The third kappa shape index (κ3) is 2.19. The van der Waals surface area contributed by atoms with Crippen molar-refractivity contribution in [3.63, 3.8) is 0 Å². The van der Waals surface area contributed by atoms with Gasteiger partial charge < -0.3 is 14.9 Å². The van der Waals surface area contributed by atoms with Gasteiger partial charge in [0.25, 0.3) is 5.56 Å².